The van der Waals surface area contributed by atoms with Crippen LogP contribution in [0.3, 0.4) is 0 Å². The Morgan fingerprint density at radius 3 is 2.48 bits per heavy atom. The number of hydrogen-bond acceptors (Lipinski definition) is 3. The Labute approximate surface area is 183 Å². The molecule has 0 saturated carbocycles. The second-order valence-corrected chi connectivity index (χ2v) is 6.39. The van der Waals surface area contributed by atoms with E-state index in [-0.39, 0.29) is 12.3 Å². The molecule has 0 fully saturated rings. The molecule has 1 aromatic rings. The minimum atomic E-state index is -4.69. The Balaban J connectivity index is 0.00000436. The zero-order valence-corrected chi connectivity index (χ0v) is 18.8. The molecular formula is C24H31F3N2O2. The molecule has 0 aliphatic heterocycles. The molecule has 1 rings (SSSR count). The first-order valence-corrected chi connectivity index (χ1v) is 10.2. The molecular weight excluding hydrogens is 405 g/mol. The van der Waals surface area contributed by atoms with Crippen LogP contribution in [0, 0.1) is 11.3 Å². The van der Waals surface area contributed by atoms with Crippen molar-refractivity contribution in [1.82, 2.24) is 5.32 Å². The van der Waals surface area contributed by atoms with E-state index in [0.717, 1.165) is 23.3 Å². The Kier molecular flexibility index (Phi) is 12.7. The number of amides is 1. The lowest BCUT2D eigenvalue weighted by Crippen LogP contribution is -2.39. The van der Waals surface area contributed by atoms with Gasteiger partial charge in [0.15, 0.2) is 6.10 Å². The van der Waals surface area contributed by atoms with Gasteiger partial charge >= 0.3 is 6.18 Å². The van der Waals surface area contributed by atoms with Crippen LogP contribution < -0.4 is 10.1 Å². The van der Waals surface area contributed by atoms with Crippen molar-refractivity contribution in [1.29, 1.82) is 5.26 Å². The van der Waals surface area contributed by atoms with Crippen LogP contribution in [0.1, 0.15) is 58.6 Å². The Bertz CT molecular complexity index is 834. The van der Waals surface area contributed by atoms with Crippen LogP contribution in [0.4, 0.5) is 13.2 Å². The molecule has 0 spiro atoms. The summed E-state index contributed by atoms with van der Waals surface area (Å²) >= 11 is 0. The number of ether oxygens (including phenoxy) is 1. The average Bonchev–Trinajstić information content (AvgIpc) is 2.76. The number of alkyl halides is 3. The monoisotopic (exact) mass is 436 g/mol. The number of hydrogen-bond donors (Lipinski definition) is 1. The van der Waals surface area contributed by atoms with Crippen molar-refractivity contribution in [3.63, 3.8) is 0 Å². The fourth-order valence-electron chi connectivity index (χ4n) is 2.49. The highest BCUT2D eigenvalue weighted by molar-refractivity contribution is 5.81. The lowest BCUT2D eigenvalue weighted by Gasteiger charge is -2.19. The smallest absolute Gasteiger partial charge is 0.417 e. The van der Waals surface area contributed by atoms with Crippen molar-refractivity contribution in [3.05, 3.63) is 65.3 Å². The highest BCUT2D eigenvalue weighted by atomic mass is 19.4. The minimum Gasteiger partial charge on any atom is -0.481 e. The highest BCUT2D eigenvalue weighted by Gasteiger charge is 2.34. The van der Waals surface area contributed by atoms with Crippen LogP contribution in [0.2, 0.25) is 0 Å². The molecule has 0 aliphatic rings. The summed E-state index contributed by atoms with van der Waals surface area (Å²) in [5, 5.41) is 11.6. The van der Waals surface area contributed by atoms with E-state index < -0.39 is 29.3 Å². The number of rotatable bonds is 9. The van der Waals surface area contributed by atoms with Crippen LogP contribution >= 0.6 is 0 Å². The molecule has 0 heterocycles. The van der Waals surface area contributed by atoms with Crippen LogP contribution in [0.5, 0.6) is 5.75 Å². The quantitative estimate of drug-likeness (QED) is 0.459. The molecule has 0 saturated heterocycles. The number of nitriles is 1. The molecule has 0 bridgehead atoms. The van der Waals surface area contributed by atoms with E-state index >= 15 is 0 Å². The summed E-state index contributed by atoms with van der Waals surface area (Å²) in [5.74, 6) is -0.535. The van der Waals surface area contributed by atoms with E-state index in [4.69, 9.17) is 10.00 Å². The molecule has 1 amide bonds. The first kappa shape index (κ1) is 28.0. The largest absolute Gasteiger partial charge is 0.481 e. The molecule has 31 heavy (non-hydrogen) atoms. The summed E-state index contributed by atoms with van der Waals surface area (Å²) in [5.41, 5.74) is 0.215. The SMILES string of the molecule is C=C/C(C)=C\C(=C/C)CNC(=O)[C@H](CCC)Oc1ccc(C#N)c(C(F)(F)F)c1.CC. The van der Waals surface area contributed by atoms with Gasteiger partial charge in [-0.1, -0.05) is 57.6 Å². The second kappa shape index (κ2) is 14.1. The van der Waals surface area contributed by atoms with E-state index in [1.165, 1.54) is 12.1 Å². The van der Waals surface area contributed by atoms with Gasteiger partial charge in [0.1, 0.15) is 5.75 Å². The van der Waals surface area contributed by atoms with Gasteiger partial charge in [0.2, 0.25) is 0 Å². The van der Waals surface area contributed by atoms with Crippen molar-refractivity contribution in [2.75, 3.05) is 6.54 Å². The predicted octanol–water partition coefficient (Wildman–Crippen LogP) is 6.35. The van der Waals surface area contributed by atoms with Gasteiger partial charge in [0.25, 0.3) is 5.91 Å². The average molecular weight is 437 g/mol. The van der Waals surface area contributed by atoms with Gasteiger partial charge < -0.3 is 10.1 Å². The first-order valence-electron chi connectivity index (χ1n) is 10.2. The molecule has 1 atom stereocenters. The number of carbonyl (C=O) groups is 1. The van der Waals surface area contributed by atoms with Crippen molar-refractivity contribution >= 4 is 5.91 Å². The van der Waals surface area contributed by atoms with Gasteiger partial charge in [0, 0.05) is 6.54 Å². The summed E-state index contributed by atoms with van der Waals surface area (Å²) in [6.45, 7) is 13.5. The topological polar surface area (TPSA) is 62.1 Å². The molecule has 0 aliphatic carbocycles. The molecule has 4 nitrogen and oxygen atoms in total. The van der Waals surface area contributed by atoms with Gasteiger partial charge in [-0.15, -0.1) is 0 Å². The van der Waals surface area contributed by atoms with Crippen molar-refractivity contribution in [2.45, 2.75) is 59.7 Å². The molecule has 0 unspecified atom stereocenters. The van der Waals surface area contributed by atoms with Crippen molar-refractivity contribution < 1.29 is 22.7 Å². The van der Waals surface area contributed by atoms with Crippen LogP contribution in [0.15, 0.2) is 54.2 Å². The lowest BCUT2D eigenvalue weighted by molar-refractivity contribution is -0.137. The number of nitrogens with zero attached hydrogens (tertiary/aromatic N) is 1. The summed E-state index contributed by atoms with van der Waals surface area (Å²) < 4.78 is 45.0. The fraction of sp³-hybridized carbons (Fsp3) is 0.417. The maximum atomic E-state index is 13.1. The second-order valence-electron chi connectivity index (χ2n) is 6.39. The Morgan fingerprint density at radius 1 is 1.35 bits per heavy atom. The van der Waals surface area contributed by atoms with Crippen LogP contribution in [-0.4, -0.2) is 18.6 Å². The summed E-state index contributed by atoms with van der Waals surface area (Å²) in [4.78, 5) is 12.5. The van der Waals surface area contributed by atoms with E-state index in [2.05, 4.69) is 11.9 Å². The molecule has 0 aromatic heterocycles. The molecule has 1 N–H and O–H groups in total. The standard InChI is InChI=1S/C22H25F3N2O2.C2H6/c1-5-8-20(21(28)27-14-16(7-3)11-15(4)6-2)29-18-10-9-17(13-26)19(12-18)22(23,24)25;1-2/h6-7,9-12,20H,2,5,8,14H2,1,3-4H3,(H,27,28);1-2H3/b15-11-,16-7+;/t20-;/m0./s1. The van der Waals surface area contributed by atoms with Gasteiger partial charge in [-0.05, 0) is 44.0 Å². The van der Waals surface area contributed by atoms with Crippen LogP contribution in [-0.2, 0) is 11.0 Å². The van der Waals surface area contributed by atoms with E-state index in [9.17, 15) is 18.0 Å². The van der Waals surface area contributed by atoms with Crippen molar-refractivity contribution in [2.24, 2.45) is 0 Å². The van der Waals surface area contributed by atoms with E-state index in [0.29, 0.717) is 12.8 Å². The maximum absolute atomic E-state index is 13.1. The van der Waals surface area contributed by atoms with Gasteiger partial charge in [0.05, 0.1) is 17.2 Å². The number of nitrogens with one attached hydrogen (secondary N) is 1. The van der Waals surface area contributed by atoms with Gasteiger partial charge in [-0.25, -0.2) is 0 Å². The normalized spacial score (nSPS) is 12.7. The third-order valence-electron chi connectivity index (χ3n) is 4.11. The van der Waals surface area contributed by atoms with Crippen LogP contribution in [0.25, 0.3) is 0 Å². The zero-order valence-electron chi connectivity index (χ0n) is 18.8. The molecule has 0 radical (unpaired) electrons. The minimum absolute atomic E-state index is 0.112. The van der Waals surface area contributed by atoms with Gasteiger partial charge in [-0.3, -0.25) is 4.79 Å². The maximum Gasteiger partial charge on any atom is 0.417 e. The van der Waals surface area contributed by atoms with Crippen molar-refractivity contribution in [3.8, 4) is 11.8 Å². The molecule has 170 valence electrons. The predicted molar refractivity (Wildman–Crippen MR) is 118 cm³/mol. The first-order chi connectivity index (χ1) is 14.7. The number of halogens is 3. The van der Waals surface area contributed by atoms with E-state index in [1.54, 1.807) is 6.08 Å². The lowest BCUT2D eigenvalue weighted by atomic mass is 10.1. The third-order valence-corrected chi connectivity index (χ3v) is 4.11. The fourth-order valence-corrected chi connectivity index (χ4v) is 2.49. The summed E-state index contributed by atoms with van der Waals surface area (Å²) in [7, 11) is 0. The van der Waals surface area contributed by atoms with E-state index in [1.807, 2.05) is 46.8 Å². The highest BCUT2D eigenvalue weighted by Crippen LogP contribution is 2.34. The summed E-state index contributed by atoms with van der Waals surface area (Å²) in [6, 6.07) is 4.57. The molecule has 7 heteroatoms. The Hall–Kier alpha value is -3.01. The number of carbonyl (C=O) groups excluding carboxylic acids is 1. The summed E-state index contributed by atoms with van der Waals surface area (Å²) in [6.07, 6.45) is 0.710. The number of allylic oxidation sites excluding steroid dienone is 3. The van der Waals surface area contributed by atoms with Gasteiger partial charge in [-0.2, -0.15) is 18.4 Å². The molecule has 1 aromatic carbocycles. The number of benzene rings is 1. The third kappa shape index (κ3) is 9.56. The zero-order chi connectivity index (χ0) is 24.0. The Morgan fingerprint density at radius 2 is 2.00 bits per heavy atom.